The summed E-state index contributed by atoms with van der Waals surface area (Å²) >= 11 is 0. The van der Waals surface area contributed by atoms with Crippen molar-refractivity contribution in [3.63, 3.8) is 0 Å². The van der Waals surface area contributed by atoms with Gasteiger partial charge in [0.05, 0.1) is 17.9 Å². The zero-order valence-electron chi connectivity index (χ0n) is 14.5. The van der Waals surface area contributed by atoms with Gasteiger partial charge in [0.1, 0.15) is 12.4 Å². The monoisotopic (exact) mass is 331 g/mol. The molecule has 0 aliphatic rings. The largest absolute Gasteiger partial charge is 0.491 e. The Bertz CT molecular complexity index is 680. The fourth-order valence-corrected chi connectivity index (χ4v) is 2.42. The van der Waals surface area contributed by atoms with Gasteiger partial charge in [0.2, 0.25) is 0 Å². The summed E-state index contributed by atoms with van der Waals surface area (Å²) in [5, 5.41) is 16.3. The molecule has 0 atom stereocenters. The molecule has 0 fully saturated rings. The van der Waals surface area contributed by atoms with Gasteiger partial charge in [-0.25, -0.2) is 0 Å². The predicted octanol–water partition coefficient (Wildman–Crippen LogP) is 2.33. The van der Waals surface area contributed by atoms with Crippen LogP contribution < -0.4 is 10.1 Å². The molecule has 130 valence electrons. The van der Waals surface area contributed by atoms with E-state index in [9.17, 15) is 4.79 Å². The smallest absolute Gasteiger partial charge is 0.255 e. The predicted molar refractivity (Wildman–Crippen MR) is 92.2 cm³/mol. The Kier molecular flexibility index (Phi) is 6.37. The second-order valence-electron chi connectivity index (χ2n) is 5.80. The standard InChI is InChI=1S/C18H25N3O3/c1-4-21-12-15(17(20-21)13(2)3)18(23)19-11-14-7-5-6-8-16(14)24-10-9-22/h5-8,12-13,22H,4,9-11H2,1-3H3,(H,19,23). The van der Waals surface area contributed by atoms with Gasteiger partial charge >= 0.3 is 0 Å². The third-order valence-corrected chi connectivity index (χ3v) is 3.67. The lowest BCUT2D eigenvalue weighted by molar-refractivity contribution is 0.0949. The highest BCUT2D eigenvalue weighted by molar-refractivity contribution is 5.95. The summed E-state index contributed by atoms with van der Waals surface area (Å²) in [5.74, 6) is 0.703. The highest BCUT2D eigenvalue weighted by atomic mass is 16.5. The molecule has 2 rings (SSSR count). The molecule has 0 aliphatic heterocycles. The van der Waals surface area contributed by atoms with Crippen molar-refractivity contribution in [1.29, 1.82) is 0 Å². The van der Waals surface area contributed by atoms with Crippen LogP contribution in [0.4, 0.5) is 0 Å². The summed E-state index contributed by atoms with van der Waals surface area (Å²) in [7, 11) is 0. The molecule has 1 amide bonds. The van der Waals surface area contributed by atoms with Gasteiger partial charge in [-0.05, 0) is 18.9 Å². The van der Waals surface area contributed by atoms with Crippen LogP contribution >= 0.6 is 0 Å². The third-order valence-electron chi connectivity index (χ3n) is 3.67. The molecule has 0 radical (unpaired) electrons. The maximum Gasteiger partial charge on any atom is 0.255 e. The second kappa shape index (κ2) is 8.49. The third kappa shape index (κ3) is 4.35. The molecule has 6 heteroatoms. The van der Waals surface area contributed by atoms with E-state index >= 15 is 0 Å². The quantitative estimate of drug-likeness (QED) is 0.778. The second-order valence-corrected chi connectivity index (χ2v) is 5.80. The molecule has 6 nitrogen and oxygen atoms in total. The molecule has 1 aromatic carbocycles. The minimum Gasteiger partial charge on any atom is -0.491 e. The summed E-state index contributed by atoms with van der Waals surface area (Å²) < 4.78 is 7.27. The fourth-order valence-electron chi connectivity index (χ4n) is 2.42. The van der Waals surface area contributed by atoms with E-state index in [1.54, 1.807) is 10.9 Å². The van der Waals surface area contributed by atoms with E-state index < -0.39 is 0 Å². The topological polar surface area (TPSA) is 76.4 Å². The number of aliphatic hydroxyl groups is 1. The van der Waals surface area contributed by atoms with E-state index in [0.29, 0.717) is 17.9 Å². The van der Waals surface area contributed by atoms with E-state index in [2.05, 4.69) is 10.4 Å². The minimum absolute atomic E-state index is 0.0470. The average Bonchev–Trinajstić information content (AvgIpc) is 3.03. The number of nitrogens with one attached hydrogen (secondary N) is 1. The van der Waals surface area contributed by atoms with Crippen LogP contribution in [0.15, 0.2) is 30.5 Å². The molecule has 0 unspecified atom stereocenters. The number of amides is 1. The first-order chi connectivity index (χ1) is 11.6. The first kappa shape index (κ1) is 18.0. The maximum absolute atomic E-state index is 12.6. The summed E-state index contributed by atoms with van der Waals surface area (Å²) in [6, 6.07) is 7.47. The number of aryl methyl sites for hydroxylation is 1. The highest BCUT2D eigenvalue weighted by Gasteiger charge is 2.18. The van der Waals surface area contributed by atoms with E-state index in [0.717, 1.165) is 17.8 Å². The Morgan fingerprint density at radius 3 is 2.79 bits per heavy atom. The number of benzene rings is 1. The molecule has 2 aromatic rings. The molecular formula is C18H25N3O3. The van der Waals surface area contributed by atoms with E-state index in [-0.39, 0.29) is 25.0 Å². The minimum atomic E-state index is -0.143. The number of rotatable bonds is 8. The molecule has 0 aliphatic carbocycles. The van der Waals surface area contributed by atoms with Crippen LogP contribution in [0, 0.1) is 0 Å². The summed E-state index contributed by atoms with van der Waals surface area (Å²) in [6.07, 6.45) is 1.79. The molecule has 24 heavy (non-hydrogen) atoms. The number of carbonyl (C=O) groups is 1. The highest BCUT2D eigenvalue weighted by Crippen LogP contribution is 2.20. The zero-order chi connectivity index (χ0) is 17.5. The van der Waals surface area contributed by atoms with Crippen LogP contribution in [0.5, 0.6) is 5.75 Å². The van der Waals surface area contributed by atoms with Crippen LogP contribution in [0.2, 0.25) is 0 Å². The number of aliphatic hydroxyl groups excluding tert-OH is 1. The van der Waals surface area contributed by atoms with Gasteiger partial charge in [-0.3, -0.25) is 9.48 Å². The van der Waals surface area contributed by atoms with Crippen molar-refractivity contribution in [3.05, 3.63) is 47.3 Å². The number of ether oxygens (including phenoxy) is 1. The first-order valence-corrected chi connectivity index (χ1v) is 8.23. The van der Waals surface area contributed by atoms with Gasteiger partial charge in [0.15, 0.2) is 0 Å². The number of hydrogen-bond acceptors (Lipinski definition) is 4. The molecule has 0 saturated heterocycles. The Balaban J connectivity index is 2.10. The van der Waals surface area contributed by atoms with Crippen molar-refractivity contribution >= 4 is 5.91 Å². The molecule has 2 N–H and O–H groups in total. The normalized spacial score (nSPS) is 10.9. The summed E-state index contributed by atoms with van der Waals surface area (Å²) in [6.45, 7) is 7.31. The van der Waals surface area contributed by atoms with Crippen molar-refractivity contribution in [2.24, 2.45) is 0 Å². The van der Waals surface area contributed by atoms with Crippen LogP contribution in [-0.2, 0) is 13.1 Å². The van der Waals surface area contributed by atoms with E-state index in [1.807, 2.05) is 45.0 Å². The van der Waals surface area contributed by atoms with Gasteiger partial charge < -0.3 is 15.2 Å². The Morgan fingerprint density at radius 2 is 2.12 bits per heavy atom. The van der Waals surface area contributed by atoms with Gasteiger partial charge in [0, 0.05) is 24.8 Å². The van der Waals surface area contributed by atoms with Crippen LogP contribution in [-0.4, -0.2) is 34.0 Å². The molecular weight excluding hydrogens is 306 g/mol. The van der Waals surface area contributed by atoms with Crippen LogP contribution in [0.3, 0.4) is 0 Å². The maximum atomic E-state index is 12.6. The Labute approximate surface area is 142 Å². The van der Waals surface area contributed by atoms with Gasteiger partial charge in [-0.15, -0.1) is 0 Å². The summed E-state index contributed by atoms with van der Waals surface area (Å²) in [5.41, 5.74) is 2.29. The zero-order valence-corrected chi connectivity index (χ0v) is 14.5. The number of para-hydroxylation sites is 1. The number of carbonyl (C=O) groups excluding carboxylic acids is 1. The molecule has 0 saturated carbocycles. The van der Waals surface area contributed by atoms with E-state index in [4.69, 9.17) is 9.84 Å². The van der Waals surface area contributed by atoms with Crippen LogP contribution in [0.1, 0.15) is 48.3 Å². The van der Waals surface area contributed by atoms with Crippen molar-refractivity contribution in [1.82, 2.24) is 15.1 Å². The molecule has 0 bridgehead atoms. The lowest BCUT2D eigenvalue weighted by Crippen LogP contribution is -2.24. The molecule has 1 aromatic heterocycles. The first-order valence-electron chi connectivity index (χ1n) is 8.23. The lowest BCUT2D eigenvalue weighted by Gasteiger charge is -2.11. The fraction of sp³-hybridized carbons (Fsp3) is 0.444. The van der Waals surface area contributed by atoms with Crippen molar-refractivity contribution in [2.75, 3.05) is 13.2 Å². The van der Waals surface area contributed by atoms with Gasteiger partial charge in [0.25, 0.3) is 5.91 Å². The lowest BCUT2D eigenvalue weighted by atomic mass is 10.1. The van der Waals surface area contributed by atoms with Crippen molar-refractivity contribution in [3.8, 4) is 5.75 Å². The van der Waals surface area contributed by atoms with Crippen molar-refractivity contribution < 1.29 is 14.6 Å². The number of nitrogens with zero attached hydrogens (tertiary/aromatic N) is 2. The van der Waals surface area contributed by atoms with Crippen LogP contribution in [0.25, 0.3) is 0 Å². The summed E-state index contributed by atoms with van der Waals surface area (Å²) in [4.78, 5) is 12.6. The number of hydrogen-bond donors (Lipinski definition) is 2. The van der Waals surface area contributed by atoms with Crippen molar-refractivity contribution in [2.45, 2.75) is 39.8 Å². The number of aromatic nitrogens is 2. The Morgan fingerprint density at radius 1 is 1.38 bits per heavy atom. The average molecular weight is 331 g/mol. The van der Waals surface area contributed by atoms with Gasteiger partial charge in [-0.2, -0.15) is 5.10 Å². The van der Waals surface area contributed by atoms with E-state index in [1.165, 1.54) is 0 Å². The SMILES string of the molecule is CCn1cc(C(=O)NCc2ccccc2OCCO)c(C(C)C)n1. The molecule has 1 heterocycles. The Hall–Kier alpha value is -2.34. The molecule has 0 spiro atoms. The van der Waals surface area contributed by atoms with Gasteiger partial charge in [-0.1, -0.05) is 32.0 Å².